The molecule has 1 unspecified atom stereocenters. The summed E-state index contributed by atoms with van der Waals surface area (Å²) in [7, 11) is 0. The summed E-state index contributed by atoms with van der Waals surface area (Å²) in [6.07, 6.45) is 2.40. The number of nitrogens with zero attached hydrogens (tertiary/aromatic N) is 3. The number of alkyl halides is 1. The van der Waals surface area contributed by atoms with Crippen LogP contribution in [0.5, 0.6) is 0 Å². The number of pyridine rings is 1. The zero-order valence-corrected chi connectivity index (χ0v) is 12.7. The number of aromatic nitrogens is 3. The molecule has 108 valence electrons. The molecule has 0 aliphatic carbocycles. The molecule has 0 fully saturated rings. The van der Waals surface area contributed by atoms with Crippen molar-refractivity contribution in [1.29, 1.82) is 0 Å². The summed E-state index contributed by atoms with van der Waals surface area (Å²) in [4.78, 5) is 21.1. The lowest BCUT2D eigenvalue weighted by Crippen LogP contribution is -2.31. The average molecular weight is 295 g/mol. The van der Waals surface area contributed by atoms with E-state index in [0.29, 0.717) is 18.8 Å². The van der Waals surface area contributed by atoms with E-state index in [1.54, 1.807) is 6.20 Å². The van der Waals surface area contributed by atoms with Crippen LogP contribution in [0.3, 0.4) is 0 Å². The molecule has 0 spiro atoms. The number of amides is 1. The Morgan fingerprint density at radius 1 is 1.55 bits per heavy atom. The molecule has 6 heteroatoms. The normalized spacial score (nSPS) is 12.6. The molecule has 1 amide bonds. The van der Waals surface area contributed by atoms with Crippen LogP contribution < -0.4 is 5.32 Å². The van der Waals surface area contributed by atoms with Gasteiger partial charge in [-0.1, -0.05) is 0 Å². The Balaban J connectivity index is 2.53. The van der Waals surface area contributed by atoms with Crippen LogP contribution >= 0.6 is 11.6 Å². The van der Waals surface area contributed by atoms with Crippen LogP contribution in [0.15, 0.2) is 12.3 Å². The smallest absolute Gasteiger partial charge is 0.242 e. The molecule has 5 nitrogen and oxygen atoms in total. The largest absolute Gasteiger partial charge is 0.355 e. The van der Waals surface area contributed by atoms with Crippen molar-refractivity contribution in [3.63, 3.8) is 0 Å². The van der Waals surface area contributed by atoms with Gasteiger partial charge in [0.1, 0.15) is 17.4 Å². The van der Waals surface area contributed by atoms with E-state index < -0.39 is 0 Å². The molecule has 0 aliphatic rings. The van der Waals surface area contributed by atoms with Gasteiger partial charge >= 0.3 is 0 Å². The van der Waals surface area contributed by atoms with Crippen molar-refractivity contribution in [2.45, 2.75) is 33.2 Å². The number of imidazole rings is 1. The third-order valence-electron chi connectivity index (χ3n) is 3.18. The van der Waals surface area contributed by atoms with Gasteiger partial charge in [0, 0.05) is 25.0 Å². The van der Waals surface area contributed by atoms with E-state index >= 15 is 0 Å². The maximum absolute atomic E-state index is 12.1. The second-order valence-corrected chi connectivity index (χ2v) is 5.14. The number of aryl methyl sites for hydroxylation is 2. The zero-order chi connectivity index (χ0) is 14.7. The van der Waals surface area contributed by atoms with Crippen molar-refractivity contribution in [2.75, 3.05) is 12.4 Å². The number of hydrogen-bond donors (Lipinski definition) is 1. The topological polar surface area (TPSA) is 59.8 Å². The van der Waals surface area contributed by atoms with E-state index in [-0.39, 0.29) is 11.9 Å². The summed E-state index contributed by atoms with van der Waals surface area (Å²) < 4.78 is 1.88. The SMILES string of the molecule is CCNC(=O)C(C)n1c(CCCl)nc2cc(C)cnc21. The van der Waals surface area contributed by atoms with Gasteiger partial charge in [0.15, 0.2) is 5.65 Å². The number of nitrogens with one attached hydrogen (secondary N) is 1. The number of carbonyl (C=O) groups is 1. The molecule has 0 radical (unpaired) electrons. The zero-order valence-electron chi connectivity index (χ0n) is 12.0. The fraction of sp³-hybridized carbons (Fsp3) is 0.500. The first-order valence-electron chi connectivity index (χ1n) is 6.75. The minimum Gasteiger partial charge on any atom is -0.355 e. The molecule has 0 saturated heterocycles. The molecule has 2 rings (SSSR count). The maximum Gasteiger partial charge on any atom is 0.242 e. The third-order valence-corrected chi connectivity index (χ3v) is 3.36. The van der Waals surface area contributed by atoms with Gasteiger partial charge in [-0.05, 0) is 32.4 Å². The first kappa shape index (κ1) is 14.8. The summed E-state index contributed by atoms with van der Waals surface area (Å²) in [6, 6.07) is 1.62. The lowest BCUT2D eigenvalue weighted by atomic mass is 10.2. The molecule has 0 aliphatic heterocycles. The van der Waals surface area contributed by atoms with Crippen molar-refractivity contribution < 1.29 is 4.79 Å². The number of carbonyl (C=O) groups excluding carboxylic acids is 1. The molecule has 1 N–H and O–H groups in total. The van der Waals surface area contributed by atoms with Crippen molar-refractivity contribution in [3.8, 4) is 0 Å². The third kappa shape index (κ3) is 2.77. The van der Waals surface area contributed by atoms with Crippen molar-refractivity contribution >= 4 is 28.7 Å². The second-order valence-electron chi connectivity index (χ2n) is 4.76. The lowest BCUT2D eigenvalue weighted by molar-refractivity contribution is -0.123. The summed E-state index contributed by atoms with van der Waals surface area (Å²) in [5.74, 6) is 1.22. The molecule has 20 heavy (non-hydrogen) atoms. The molecule has 1 atom stereocenters. The highest BCUT2D eigenvalue weighted by Gasteiger charge is 2.21. The van der Waals surface area contributed by atoms with Gasteiger partial charge in [0.25, 0.3) is 0 Å². The number of fused-ring (bicyclic) bond motifs is 1. The fourth-order valence-corrected chi connectivity index (χ4v) is 2.41. The van der Waals surface area contributed by atoms with Gasteiger partial charge in [-0.25, -0.2) is 9.97 Å². The van der Waals surface area contributed by atoms with Gasteiger partial charge in [0.2, 0.25) is 5.91 Å². The lowest BCUT2D eigenvalue weighted by Gasteiger charge is -2.16. The molecule has 2 aromatic rings. The van der Waals surface area contributed by atoms with Crippen LogP contribution in [0.2, 0.25) is 0 Å². The predicted molar refractivity (Wildman–Crippen MR) is 80.1 cm³/mol. The van der Waals surface area contributed by atoms with E-state index in [1.165, 1.54) is 0 Å². The minimum atomic E-state index is -0.353. The highest BCUT2D eigenvalue weighted by molar-refractivity contribution is 6.17. The van der Waals surface area contributed by atoms with Crippen LogP contribution in [0, 0.1) is 6.92 Å². The Hall–Kier alpha value is -1.62. The number of hydrogen-bond acceptors (Lipinski definition) is 3. The Labute approximate surface area is 123 Å². The monoisotopic (exact) mass is 294 g/mol. The Bertz CT molecular complexity index is 623. The van der Waals surface area contributed by atoms with Crippen LogP contribution in [0.25, 0.3) is 11.2 Å². The molecular formula is C14H19ClN4O. The van der Waals surface area contributed by atoms with E-state index in [2.05, 4.69) is 15.3 Å². The highest BCUT2D eigenvalue weighted by atomic mass is 35.5. The van der Waals surface area contributed by atoms with Crippen LogP contribution in [-0.4, -0.2) is 32.9 Å². The van der Waals surface area contributed by atoms with Gasteiger partial charge < -0.3 is 9.88 Å². The van der Waals surface area contributed by atoms with Crippen molar-refractivity contribution in [1.82, 2.24) is 19.9 Å². The van der Waals surface area contributed by atoms with Gasteiger partial charge in [-0.15, -0.1) is 11.6 Å². The summed E-state index contributed by atoms with van der Waals surface area (Å²) in [5.41, 5.74) is 2.58. The van der Waals surface area contributed by atoms with Crippen molar-refractivity contribution in [2.24, 2.45) is 0 Å². The number of likely N-dealkylation sites (N-methyl/N-ethyl adjacent to an activating group) is 1. The molecule has 0 bridgehead atoms. The number of halogens is 1. The first-order valence-corrected chi connectivity index (χ1v) is 7.29. The van der Waals surface area contributed by atoms with E-state index in [4.69, 9.17) is 11.6 Å². The van der Waals surface area contributed by atoms with Crippen LogP contribution in [-0.2, 0) is 11.2 Å². The second kappa shape index (κ2) is 6.22. The summed E-state index contributed by atoms with van der Waals surface area (Å²) in [6.45, 7) is 6.33. The molecule has 0 aromatic carbocycles. The maximum atomic E-state index is 12.1. The minimum absolute atomic E-state index is 0.0370. The number of rotatable bonds is 5. The van der Waals surface area contributed by atoms with Gasteiger partial charge in [-0.3, -0.25) is 4.79 Å². The first-order chi connectivity index (χ1) is 9.58. The van der Waals surface area contributed by atoms with Crippen molar-refractivity contribution in [3.05, 3.63) is 23.7 Å². The van der Waals surface area contributed by atoms with Crippen LogP contribution in [0.4, 0.5) is 0 Å². The predicted octanol–water partition coefficient (Wildman–Crippen LogP) is 2.22. The van der Waals surface area contributed by atoms with E-state index in [9.17, 15) is 4.79 Å². The molecule has 0 saturated carbocycles. The van der Waals surface area contributed by atoms with Gasteiger partial charge in [0.05, 0.1) is 0 Å². The standard InChI is InChI=1S/C14H19ClN4O/c1-4-16-14(20)10(3)19-12(5-6-15)18-11-7-9(2)8-17-13(11)19/h7-8,10H,4-6H2,1-3H3,(H,16,20). The molecule has 2 heterocycles. The van der Waals surface area contributed by atoms with Gasteiger partial charge in [-0.2, -0.15) is 0 Å². The highest BCUT2D eigenvalue weighted by Crippen LogP contribution is 2.21. The molecule has 2 aromatic heterocycles. The fourth-order valence-electron chi connectivity index (χ4n) is 2.24. The Morgan fingerprint density at radius 3 is 2.95 bits per heavy atom. The average Bonchev–Trinajstić information content (AvgIpc) is 2.75. The Morgan fingerprint density at radius 2 is 2.30 bits per heavy atom. The molecular weight excluding hydrogens is 276 g/mol. The summed E-state index contributed by atoms with van der Waals surface area (Å²) in [5, 5.41) is 2.83. The van der Waals surface area contributed by atoms with E-state index in [0.717, 1.165) is 22.6 Å². The Kier molecular flexibility index (Phi) is 4.60. The van der Waals surface area contributed by atoms with E-state index in [1.807, 2.05) is 31.4 Å². The summed E-state index contributed by atoms with van der Waals surface area (Å²) >= 11 is 5.84. The quantitative estimate of drug-likeness (QED) is 0.860. The van der Waals surface area contributed by atoms with Crippen LogP contribution in [0.1, 0.15) is 31.3 Å².